The van der Waals surface area contributed by atoms with Gasteiger partial charge < -0.3 is 14.0 Å². The van der Waals surface area contributed by atoms with Gasteiger partial charge in [0.2, 0.25) is 11.8 Å². The molecular formula is C16H20N2O3S. The van der Waals surface area contributed by atoms with Crippen molar-refractivity contribution in [3.05, 3.63) is 41.0 Å². The van der Waals surface area contributed by atoms with E-state index in [9.17, 15) is 4.55 Å². The molecule has 1 aromatic heterocycles. The minimum absolute atomic E-state index is 0.343. The van der Waals surface area contributed by atoms with Crippen molar-refractivity contribution in [3.8, 4) is 11.8 Å². The van der Waals surface area contributed by atoms with E-state index >= 15 is 0 Å². The van der Waals surface area contributed by atoms with E-state index in [0.29, 0.717) is 17.4 Å². The first-order valence-corrected chi connectivity index (χ1v) is 7.96. The van der Waals surface area contributed by atoms with E-state index in [4.69, 9.17) is 9.47 Å². The van der Waals surface area contributed by atoms with Gasteiger partial charge in [0.05, 0.1) is 14.2 Å². The number of rotatable bonds is 5. The Balaban J connectivity index is 2.31. The highest BCUT2D eigenvalue weighted by Crippen LogP contribution is 2.29. The fourth-order valence-corrected chi connectivity index (χ4v) is 3.54. The molecule has 5 nitrogen and oxygen atoms in total. The van der Waals surface area contributed by atoms with Gasteiger partial charge in [0.15, 0.2) is 4.90 Å². The second-order valence-corrected chi connectivity index (χ2v) is 6.16. The summed E-state index contributed by atoms with van der Waals surface area (Å²) < 4.78 is 25.9. The van der Waals surface area contributed by atoms with Crippen molar-refractivity contribution in [1.29, 1.82) is 0 Å². The number of anilines is 1. The molecule has 0 aliphatic rings. The first kappa shape index (κ1) is 16.5. The van der Waals surface area contributed by atoms with Gasteiger partial charge in [0.25, 0.3) is 0 Å². The maximum atomic E-state index is 12.7. The third-order valence-electron chi connectivity index (χ3n) is 3.23. The number of methoxy groups -OCH3 is 2. The van der Waals surface area contributed by atoms with E-state index in [-0.39, 0.29) is 0 Å². The van der Waals surface area contributed by atoms with Crippen molar-refractivity contribution in [2.75, 3.05) is 18.9 Å². The van der Waals surface area contributed by atoms with Crippen LogP contribution < -0.4 is 14.2 Å². The highest BCUT2D eigenvalue weighted by Gasteiger charge is 2.21. The molecule has 118 valence electrons. The molecule has 0 spiro atoms. The third-order valence-corrected chi connectivity index (χ3v) is 4.65. The van der Waals surface area contributed by atoms with E-state index in [0.717, 1.165) is 21.6 Å². The standard InChI is InChI=1S/C16H20N2O3S/c1-10-8-11(2)15(12(3)9-10)22(19)18-13-6-7-14(20-4)17-16(13)21-5/h6-9,18H,1-5H3. The van der Waals surface area contributed by atoms with Crippen molar-refractivity contribution < 1.29 is 14.0 Å². The van der Waals surface area contributed by atoms with Gasteiger partial charge in [-0.3, -0.25) is 0 Å². The average molecular weight is 320 g/mol. The number of ether oxygens (including phenoxy) is 2. The van der Waals surface area contributed by atoms with Gasteiger partial charge in [-0.25, -0.2) is 0 Å². The number of nitrogens with one attached hydrogen (secondary N) is 1. The van der Waals surface area contributed by atoms with Gasteiger partial charge in [0.1, 0.15) is 17.0 Å². The Labute approximate surface area is 134 Å². The summed E-state index contributed by atoms with van der Waals surface area (Å²) in [6.45, 7) is 5.94. The Morgan fingerprint density at radius 3 is 2.23 bits per heavy atom. The highest BCUT2D eigenvalue weighted by atomic mass is 32.2. The van der Waals surface area contributed by atoms with Crippen LogP contribution in [0.25, 0.3) is 0 Å². The van der Waals surface area contributed by atoms with Crippen LogP contribution in [0.5, 0.6) is 11.8 Å². The van der Waals surface area contributed by atoms with Crippen LogP contribution in [0.3, 0.4) is 0 Å². The Morgan fingerprint density at radius 2 is 1.68 bits per heavy atom. The number of pyridine rings is 1. The zero-order valence-electron chi connectivity index (χ0n) is 13.4. The number of hydrogen-bond acceptors (Lipinski definition) is 5. The Bertz CT molecular complexity index is 653. The summed E-state index contributed by atoms with van der Waals surface area (Å²) in [4.78, 5) is 4.95. The normalized spacial score (nSPS) is 11.9. The fourth-order valence-electron chi connectivity index (χ4n) is 2.38. The lowest BCUT2D eigenvalue weighted by Gasteiger charge is -2.17. The second-order valence-electron chi connectivity index (χ2n) is 5.01. The molecule has 1 aromatic carbocycles. The Kier molecular flexibility index (Phi) is 5.15. The molecule has 0 aliphatic heterocycles. The van der Waals surface area contributed by atoms with Crippen LogP contribution in [0.2, 0.25) is 0 Å². The van der Waals surface area contributed by atoms with E-state index in [1.54, 1.807) is 12.1 Å². The minimum atomic E-state index is -1.40. The molecule has 1 N–H and O–H groups in total. The smallest absolute Gasteiger partial charge is 0.244 e. The van der Waals surface area contributed by atoms with Crippen LogP contribution >= 0.6 is 0 Å². The molecule has 1 heterocycles. The summed E-state index contributed by atoms with van der Waals surface area (Å²) in [5.41, 5.74) is 3.69. The number of nitrogens with zero attached hydrogens (tertiary/aromatic N) is 1. The molecule has 0 fully saturated rings. The van der Waals surface area contributed by atoms with E-state index in [1.807, 2.05) is 32.9 Å². The first-order chi connectivity index (χ1) is 10.5. The van der Waals surface area contributed by atoms with Gasteiger partial charge in [-0.15, -0.1) is 0 Å². The molecular weight excluding hydrogens is 300 g/mol. The number of aryl methyl sites for hydroxylation is 3. The Hall–Kier alpha value is -1.92. The van der Waals surface area contributed by atoms with Gasteiger partial charge in [-0.2, -0.15) is 9.71 Å². The van der Waals surface area contributed by atoms with Crippen molar-refractivity contribution in [3.63, 3.8) is 0 Å². The topological polar surface area (TPSA) is 66.4 Å². The number of benzene rings is 1. The third kappa shape index (κ3) is 3.45. The fraction of sp³-hybridized carbons (Fsp3) is 0.312. The molecule has 1 unspecified atom stereocenters. The number of hydrogen-bond donors (Lipinski definition) is 1. The first-order valence-electron chi connectivity index (χ1n) is 6.81. The molecule has 2 rings (SSSR count). The van der Waals surface area contributed by atoms with Crippen molar-refractivity contribution in [2.24, 2.45) is 0 Å². The van der Waals surface area contributed by atoms with Crippen LogP contribution in [0.1, 0.15) is 16.7 Å². The van der Waals surface area contributed by atoms with Crippen molar-refractivity contribution in [2.45, 2.75) is 25.7 Å². The summed E-state index contributed by atoms with van der Waals surface area (Å²) in [6.07, 6.45) is 0. The summed E-state index contributed by atoms with van der Waals surface area (Å²) in [5, 5.41) is 0. The summed E-state index contributed by atoms with van der Waals surface area (Å²) in [6, 6.07) is 7.47. The molecule has 6 heteroatoms. The molecule has 2 aromatic rings. The quantitative estimate of drug-likeness (QED) is 0.857. The van der Waals surface area contributed by atoms with E-state index in [2.05, 4.69) is 9.71 Å². The lowest BCUT2D eigenvalue weighted by Crippen LogP contribution is -2.16. The lowest BCUT2D eigenvalue weighted by atomic mass is 10.1. The second kappa shape index (κ2) is 6.89. The molecule has 0 amide bonds. The largest absolute Gasteiger partial charge is 0.588 e. The van der Waals surface area contributed by atoms with Gasteiger partial charge in [0, 0.05) is 17.2 Å². The average Bonchev–Trinajstić information content (AvgIpc) is 2.46. The molecule has 0 radical (unpaired) electrons. The molecule has 0 saturated heterocycles. The zero-order valence-corrected chi connectivity index (χ0v) is 14.2. The maximum absolute atomic E-state index is 12.7. The summed E-state index contributed by atoms with van der Waals surface area (Å²) in [7, 11) is 3.05. The van der Waals surface area contributed by atoms with E-state index < -0.39 is 11.4 Å². The van der Waals surface area contributed by atoms with Crippen molar-refractivity contribution in [1.82, 2.24) is 4.98 Å². The minimum Gasteiger partial charge on any atom is -0.588 e. The lowest BCUT2D eigenvalue weighted by molar-refractivity contribution is 0.366. The number of aromatic nitrogens is 1. The van der Waals surface area contributed by atoms with E-state index in [1.165, 1.54) is 14.2 Å². The van der Waals surface area contributed by atoms with Crippen LogP contribution in [-0.2, 0) is 11.4 Å². The summed E-state index contributed by atoms with van der Waals surface area (Å²) >= 11 is -1.40. The predicted molar refractivity (Wildman–Crippen MR) is 88.0 cm³/mol. The highest BCUT2D eigenvalue weighted by molar-refractivity contribution is 7.92. The maximum Gasteiger partial charge on any atom is 0.244 e. The van der Waals surface area contributed by atoms with Crippen LogP contribution in [0.15, 0.2) is 29.2 Å². The Morgan fingerprint density at radius 1 is 1.05 bits per heavy atom. The SMILES string of the molecule is COc1ccc(N[S+]([O-])c2c(C)cc(C)cc2C)c(OC)n1. The van der Waals surface area contributed by atoms with Crippen molar-refractivity contribution >= 4 is 17.0 Å². The molecule has 1 atom stereocenters. The monoisotopic (exact) mass is 320 g/mol. The van der Waals surface area contributed by atoms with Crippen LogP contribution in [0, 0.1) is 20.8 Å². The van der Waals surface area contributed by atoms with Gasteiger partial charge in [-0.05, 0) is 26.8 Å². The molecule has 0 bridgehead atoms. The summed E-state index contributed by atoms with van der Waals surface area (Å²) in [5.74, 6) is 0.783. The zero-order chi connectivity index (χ0) is 16.3. The molecule has 0 aliphatic carbocycles. The predicted octanol–water partition coefficient (Wildman–Crippen LogP) is 3.16. The molecule has 0 saturated carbocycles. The van der Waals surface area contributed by atoms with Crippen LogP contribution in [0.4, 0.5) is 5.69 Å². The van der Waals surface area contributed by atoms with Gasteiger partial charge in [-0.1, -0.05) is 17.7 Å². The van der Waals surface area contributed by atoms with Gasteiger partial charge >= 0.3 is 0 Å². The van der Waals surface area contributed by atoms with Crippen LogP contribution in [-0.4, -0.2) is 23.8 Å². The molecule has 22 heavy (non-hydrogen) atoms.